The first kappa shape index (κ1) is 12.7. The summed E-state index contributed by atoms with van der Waals surface area (Å²) in [6.07, 6.45) is 7.28. The Hall–Kier alpha value is -1.07. The minimum absolute atomic E-state index is 0.386. The van der Waals surface area contributed by atoms with Crippen molar-refractivity contribution in [2.24, 2.45) is 0 Å². The van der Waals surface area contributed by atoms with Crippen molar-refractivity contribution in [1.82, 2.24) is 19.9 Å². The molecule has 2 aliphatic rings. The van der Waals surface area contributed by atoms with Gasteiger partial charge in [-0.2, -0.15) is 11.8 Å². The summed E-state index contributed by atoms with van der Waals surface area (Å²) in [6, 6.07) is 4.08. The number of rotatable bonds is 2. The van der Waals surface area contributed by atoms with Crippen LogP contribution in [0.1, 0.15) is 43.6 Å². The molecule has 2 atom stereocenters. The smallest absolute Gasteiger partial charge is 0.161 e. The summed E-state index contributed by atoms with van der Waals surface area (Å²) in [4.78, 5) is 9.52. The van der Waals surface area contributed by atoms with Crippen LogP contribution in [0.5, 0.6) is 0 Å². The summed E-state index contributed by atoms with van der Waals surface area (Å²) in [5, 5.41) is 3.61. The van der Waals surface area contributed by atoms with Crippen molar-refractivity contribution < 1.29 is 0 Å². The predicted octanol–water partition coefficient (Wildman–Crippen LogP) is 2.92. The van der Waals surface area contributed by atoms with Gasteiger partial charge in [0, 0.05) is 17.9 Å². The monoisotopic (exact) mass is 288 g/mol. The van der Waals surface area contributed by atoms with Gasteiger partial charge >= 0.3 is 0 Å². The first-order chi connectivity index (χ1) is 9.93. The topological polar surface area (TPSA) is 42.7 Å². The Labute approximate surface area is 123 Å². The average molecular weight is 288 g/mol. The van der Waals surface area contributed by atoms with Gasteiger partial charge in [0.15, 0.2) is 5.65 Å². The lowest BCUT2D eigenvalue weighted by Crippen LogP contribution is -2.24. The molecule has 2 unspecified atom stereocenters. The third kappa shape index (κ3) is 2.13. The zero-order valence-electron chi connectivity index (χ0n) is 11.6. The molecular weight excluding hydrogens is 268 g/mol. The molecule has 0 radical (unpaired) electrons. The Morgan fingerprint density at radius 2 is 2.30 bits per heavy atom. The second-order valence-corrected chi connectivity index (χ2v) is 6.86. The van der Waals surface area contributed by atoms with E-state index in [0.717, 1.165) is 17.7 Å². The summed E-state index contributed by atoms with van der Waals surface area (Å²) in [6.45, 7) is 1.11. The zero-order chi connectivity index (χ0) is 13.4. The minimum atomic E-state index is 0.386. The fraction of sp³-hybridized carbons (Fsp3) is 0.600. The Morgan fingerprint density at radius 3 is 3.10 bits per heavy atom. The number of nitrogens with one attached hydrogen (secondary N) is 1. The van der Waals surface area contributed by atoms with Crippen LogP contribution in [-0.2, 0) is 0 Å². The van der Waals surface area contributed by atoms with Crippen LogP contribution < -0.4 is 5.32 Å². The molecule has 106 valence electrons. The van der Waals surface area contributed by atoms with Gasteiger partial charge in [-0.15, -0.1) is 0 Å². The van der Waals surface area contributed by atoms with E-state index < -0.39 is 0 Å². The second-order valence-electron chi connectivity index (χ2n) is 5.71. The Morgan fingerprint density at radius 1 is 1.30 bits per heavy atom. The second kappa shape index (κ2) is 5.37. The van der Waals surface area contributed by atoms with E-state index in [9.17, 15) is 0 Å². The number of hydrogen-bond acceptors (Lipinski definition) is 4. The molecule has 0 spiro atoms. The third-order valence-electron chi connectivity index (χ3n) is 4.35. The van der Waals surface area contributed by atoms with E-state index in [2.05, 4.69) is 32.7 Å². The van der Waals surface area contributed by atoms with Crippen LogP contribution in [0.25, 0.3) is 11.2 Å². The molecule has 2 aliphatic heterocycles. The van der Waals surface area contributed by atoms with Crippen molar-refractivity contribution in [3.63, 3.8) is 0 Å². The van der Waals surface area contributed by atoms with Crippen LogP contribution >= 0.6 is 11.8 Å². The van der Waals surface area contributed by atoms with Crippen LogP contribution in [0.3, 0.4) is 0 Å². The molecule has 4 rings (SSSR count). The molecule has 5 heteroatoms. The molecule has 2 fully saturated rings. The molecule has 0 amide bonds. The van der Waals surface area contributed by atoms with Crippen LogP contribution in [0.2, 0.25) is 0 Å². The molecule has 4 heterocycles. The van der Waals surface area contributed by atoms with Crippen LogP contribution in [0, 0.1) is 0 Å². The van der Waals surface area contributed by atoms with Gasteiger partial charge in [-0.3, -0.25) is 9.88 Å². The van der Waals surface area contributed by atoms with Gasteiger partial charge < -0.3 is 0 Å². The van der Waals surface area contributed by atoms with E-state index in [4.69, 9.17) is 4.98 Å². The van der Waals surface area contributed by atoms with Gasteiger partial charge in [-0.1, -0.05) is 0 Å². The van der Waals surface area contributed by atoms with E-state index in [1.807, 2.05) is 12.3 Å². The number of imidazole rings is 1. The highest BCUT2D eigenvalue weighted by atomic mass is 32.2. The molecule has 0 aliphatic carbocycles. The maximum absolute atomic E-state index is 4.93. The summed E-state index contributed by atoms with van der Waals surface area (Å²) in [7, 11) is 0. The lowest BCUT2D eigenvalue weighted by atomic mass is 10.0. The Bertz CT molecular complexity index is 597. The van der Waals surface area contributed by atoms with Crippen molar-refractivity contribution in [3.05, 3.63) is 24.2 Å². The summed E-state index contributed by atoms with van der Waals surface area (Å²) < 4.78 is 2.39. The van der Waals surface area contributed by atoms with Gasteiger partial charge in [0.1, 0.15) is 11.3 Å². The molecule has 2 aromatic rings. The SMILES string of the molecule is c1cnc2c(c1)nc(C1CCCSC1)n2C1CCCN1. The van der Waals surface area contributed by atoms with Crippen molar-refractivity contribution in [2.75, 3.05) is 18.1 Å². The number of nitrogens with zero attached hydrogens (tertiary/aromatic N) is 3. The summed E-state index contributed by atoms with van der Waals surface area (Å²) >= 11 is 2.06. The largest absolute Gasteiger partial charge is 0.297 e. The molecule has 0 bridgehead atoms. The Kier molecular flexibility index (Phi) is 3.40. The summed E-state index contributed by atoms with van der Waals surface area (Å²) in [5.41, 5.74) is 2.10. The van der Waals surface area contributed by atoms with Gasteiger partial charge in [0.05, 0.1) is 6.17 Å². The first-order valence-corrected chi connectivity index (χ1v) is 8.73. The molecule has 0 saturated carbocycles. The van der Waals surface area contributed by atoms with Gasteiger partial charge in [-0.05, 0) is 50.1 Å². The third-order valence-corrected chi connectivity index (χ3v) is 5.56. The fourth-order valence-electron chi connectivity index (χ4n) is 3.37. The summed E-state index contributed by atoms with van der Waals surface area (Å²) in [5.74, 6) is 4.35. The van der Waals surface area contributed by atoms with Gasteiger partial charge in [0.2, 0.25) is 0 Å². The lowest BCUT2D eigenvalue weighted by molar-refractivity contribution is 0.443. The number of thioether (sulfide) groups is 1. The van der Waals surface area contributed by atoms with Crippen molar-refractivity contribution in [2.45, 2.75) is 37.8 Å². The van der Waals surface area contributed by atoms with E-state index >= 15 is 0 Å². The number of aromatic nitrogens is 3. The Balaban J connectivity index is 1.82. The average Bonchev–Trinajstić information content (AvgIpc) is 3.14. The highest BCUT2D eigenvalue weighted by Gasteiger charge is 2.28. The van der Waals surface area contributed by atoms with E-state index in [1.54, 1.807) is 0 Å². The minimum Gasteiger partial charge on any atom is -0.297 e. The van der Waals surface area contributed by atoms with E-state index in [-0.39, 0.29) is 0 Å². The van der Waals surface area contributed by atoms with Gasteiger partial charge in [-0.25, -0.2) is 9.97 Å². The number of fused-ring (bicyclic) bond motifs is 1. The van der Waals surface area contributed by atoms with Crippen LogP contribution in [-0.4, -0.2) is 32.6 Å². The van der Waals surface area contributed by atoms with Gasteiger partial charge in [0.25, 0.3) is 0 Å². The van der Waals surface area contributed by atoms with Crippen molar-refractivity contribution in [1.29, 1.82) is 0 Å². The normalized spacial score (nSPS) is 27.2. The molecule has 2 aromatic heterocycles. The zero-order valence-corrected chi connectivity index (χ0v) is 12.4. The number of pyridine rings is 1. The first-order valence-electron chi connectivity index (χ1n) is 7.57. The van der Waals surface area contributed by atoms with Crippen LogP contribution in [0.4, 0.5) is 0 Å². The molecule has 1 N–H and O–H groups in total. The standard InChI is InChI=1S/C15H20N4S/c1-5-12-15(17-8-1)19(13-6-2-7-16-13)14(18-12)11-4-3-9-20-10-11/h1,5,8,11,13,16H,2-4,6-7,9-10H2. The fourth-order valence-corrected chi connectivity index (χ4v) is 4.51. The molecular formula is C15H20N4S. The van der Waals surface area contributed by atoms with E-state index in [1.165, 1.54) is 43.0 Å². The number of hydrogen-bond donors (Lipinski definition) is 1. The van der Waals surface area contributed by atoms with Crippen molar-refractivity contribution >= 4 is 22.9 Å². The molecule has 2 saturated heterocycles. The van der Waals surface area contributed by atoms with E-state index in [0.29, 0.717) is 12.1 Å². The maximum atomic E-state index is 4.93. The maximum Gasteiger partial charge on any atom is 0.161 e. The highest BCUT2D eigenvalue weighted by Crippen LogP contribution is 2.34. The van der Waals surface area contributed by atoms with Crippen molar-refractivity contribution in [3.8, 4) is 0 Å². The van der Waals surface area contributed by atoms with Crippen LogP contribution in [0.15, 0.2) is 18.3 Å². The quantitative estimate of drug-likeness (QED) is 0.922. The molecule has 4 nitrogen and oxygen atoms in total. The highest BCUT2D eigenvalue weighted by molar-refractivity contribution is 7.99. The molecule has 20 heavy (non-hydrogen) atoms. The molecule has 0 aromatic carbocycles. The lowest BCUT2D eigenvalue weighted by Gasteiger charge is -2.24. The predicted molar refractivity (Wildman–Crippen MR) is 83.1 cm³/mol.